The Morgan fingerprint density at radius 2 is 2.36 bits per heavy atom. The van der Waals surface area contributed by atoms with E-state index in [4.69, 9.17) is 0 Å². The fraction of sp³-hybridized carbons (Fsp3) is 0.100. The van der Waals surface area contributed by atoms with Gasteiger partial charge in [0, 0.05) is 24.1 Å². The second kappa shape index (κ2) is 3.83. The van der Waals surface area contributed by atoms with Gasteiger partial charge in [-0.3, -0.25) is 0 Å². The molecule has 0 unspecified atom stereocenters. The molecule has 72 valence electrons. The lowest BCUT2D eigenvalue weighted by Gasteiger charge is -2.03. The van der Waals surface area contributed by atoms with Crippen LogP contribution < -0.4 is 5.32 Å². The highest BCUT2D eigenvalue weighted by Crippen LogP contribution is 2.15. The van der Waals surface area contributed by atoms with Crippen LogP contribution in [0.25, 0.3) is 0 Å². The Morgan fingerprint density at radius 3 is 3.07 bits per heavy atom. The van der Waals surface area contributed by atoms with Gasteiger partial charge in [0.15, 0.2) is 0 Å². The summed E-state index contributed by atoms with van der Waals surface area (Å²) in [6, 6.07) is 6.99. The number of hydrogen-bond acceptors (Lipinski definition) is 3. The molecule has 4 nitrogen and oxygen atoms in total. The first-order valence-corrected chi connectivity index (χ1v) is 4.36. The molecule has 2 aromatic rings. The fourth-order valence-electron chi connectivity index (χ4n) is 1.20. The Bertz CT molecular complexity index is 398. The lowest BCUT2D eigenvalue weighted by atomic mass is 10.3. The number of benzene rings is 1. The molecule has 2 rings (SSSR count). The SMILES string of the molecule is Oc1cccc(NCc2ncc[nH]2)c1. The first-order chi connectivity index (χ1) is 6.84. The smallest absolute Gasteiger partial charge is 0.125 e. The van der Waals surface area contributed by atoms with E-state index >= 15 is 0 Å². The van der Waals surface area contributed by atoms with Gasteiger partial charge in [0.2, 0.25) is 0 Å². The van der Waals surface area contributed by atoms with E-state index < -0.39 is 0 Å². The zero-order chi connectivity index (χ0) is 9.80. The summed E-state index contributed by atoms with van der Waals surface area (Å²) in [5, 5.41) is 12.3. The molecule has 0 fully saturated rings. The number of phenols is 1. The van der Waals surface area contributed by atoms with Crippen molar-refractivity contribution in [1.82, 2.24) is 9.97 Å². The minimum Gasteiger partial charge on any atom is -0.508 e. The molecule has 3 N–H and O–H groups in total. The topological polar surface area (TPSA) is 60.9 Å². The molecule has 0 aliphatic rings. The summed E-state index contributed by atoms with van der Waals surface area (Å²) in [4.78, 5) is 7.06. The van der Waals surface area contributed by atoms with Gasteiger partial charge in [0.25, 0.3) is 0 Å². The highest BCUT2D eigenvalue weighted by atomic mass is 16.3. The van der Waals surface area contributed by atoms with E-state index in [1.807, 2.05) is 6.07 Å². The van der Waals surface area contributed by atoms with Gasteiger partial charge < -0.3 is 15.4 Å². The summed E-state index contributed by atoms with van der Waals surface area (Å²) in [5.41, 5.74) is 0.876. The maximum absolute atomic E-state index is 9.21. The van der Waals surface area contributed by atoms with Gasteiger partial charge in [0.1, 0.15) is 11.6 Å². The van der Waals surface area contributed by atoms with E-state index in [1.165, 1.54) is 0 Å². The Hall–Kier alpha value is -1.97. The van der Waals surface area contributed by atoms with Gasteiger partial charge in [-0.2, -0.15) is 0 Å². The molecule has 0 amide bonds. The van der Waals surface area contributed by atoms with Crippen molar-refractivity contribution >= 4 is 5.69 Å². The third kappa shape index (κ3) is 2.04. The maximum Gasteiger partial charge on any atom is 0.125 e. The summed E-state index contributed by atoms with van der Waals surface area (Å²) in [6.07, 6.45) is 3.49. The van der Waals surface area contributed by atoms with Gasteiger partial charge in [-0.1, -0.05) is 6.07 Å². The van der Waals surface area contributed by atoms with Crippen molar-refractivity contribution in [2.45, 2.75) is 6.54 Å². The summed E-state index contributed by atoms with van der Waals surface area (Å²) >= 11 is 0. The number of imidazole rings is 1. The van der Waals surface area contributed by atoms with Crippen molar-refractivity contribution in [3.05, 3.63) is 42.5 Å². The number of rotatable bonds is 3. The molecule has 0 radical (unpaired) electrons. The van der Waals surface area contributed by atoms with Crippen molar-refractivity contribution in [3.63, 3.8) is 0 Å². The molecule has 0 atom stereocenters. The zero-order valence-corrected chi connectivity index (χ0v) is 7.57. The monoisotopic (exact) mass is 189 g/mol. The van der Waals surface area contributed by atoms with Gasteiger partial charge >= 0.3 is 0 Å². The minimum absolute atomic E-state index is 0.259. The maximum atomic E-state index is 9.21. The number of anilines is 1. The molecular weight excluding hydrogens is 178 g/mol. The number of aromatic amines is 1. The van der Waals surface area contributed by atoms with Gasteiger partial charge in [0.05, 0.1) is 6.54 Å². The van der Waals surface area contributed by atoms with E-state index in [9.17, 15) is 5.11 Å². The Balaban J connectivity index is 1.98. The van der Waals surface area contributed by atoms with Crippen LogP contribution in [0.3, 0.4) is 0 Å². The van der Waals surface area contributed by atoms with Crippen LogP contribution in [0.4, 0.5) is 5.69 Å². The summed E-state index contributed by atoms with van der Waals surface area (Å²) in [7, 11) is 0. The number of hydrogen-bond donors (Lipinski definition) is 3. The van der Waals surface area contributed by atoms with E-state index in [0.29, 0.717) is 6.54 Å². The zero-order valence-electron chi connectivity index (χ0n) is 7.57. The summed E-state index contributed by atoms with van der Waals surface area (Å²) < 4.78 is 0. The molecule has 1 aromatic carbocycles. The Kier molecular flexibility index (Phi) is 2.36. The van der Waals surface area contributed by atoms with E-state index in [0.717, 1.165) is 11.5 Å². The van der Waals surface area contributed by atoms with Crippen LogP contribution in [0.15, 0.2) is 36.7 Å². The minimum atomic E-state index is 0.259. The molecule has 0 aliphatic carbocycles. The number of aromatic hydroxyl groups is 1. The average molecular weight is 189 g/mol. The molecule has 1 heterocycles. The van der Waals surface area contributed by atoms with Crippen LogP contribution in [0.1, 0.15) is 5.82 Å². The predicted octanol–water partition coefficient (Wildman–Crippen LogP) is 1.73. The van der Waals surface area contributed by atoms with Crippen molar-refractivity contribution < 1.29 is 5.11 Å². The molecule has 0 saturated heterocycles. The average Bonchev–Trinajstić information content (AvgIpc) is 2.67. The van der Waals surface area contributed by atoms with Crippen LogP contribution >= 0.6 is 0 Å². The molecule has 0 bridgehead atoms. The molecule has 0 saturated carbocycles. The molecule has 0 aliphatic heterocycles. The Morgan fingerprint density at radius 1 is 1.43 bits per heavy atom. The predicted molar refractivity (Wildman–Crippen MR) is 54.0 cm³/mol. The van der Waals surface area contributed by atoms with Crippen LogP contribution in [0.2, 0.25) is 0 Å². The molecule has 0 spiro atoms. The van der Waals surface area contributed by atoms with E-state index in [1.54, 1.807) is 30.6 Å². The van der Waals surface area contributed by atoms with Crippen molar-refractivity contribution in [1.29, 1.82) is 0 Å². The first-order valence-electron chi connectivity index (χ1n) is 4.36. The largest absolute Gasteiger partial charge is 0.508 e. The van der Waals surface area contributed by atoms with E-state index in [2.05, 4.69) is 15.3 Å². The van der Waals surface area contributed by atoms with Crippen LogP contribution in [-0.4, -0.2) is 15.1 Å². The number of aromatic nitrogens is 2. The lowest BCUT2D eigenvalue weighted by Crippen LogP contribution is -2.00. The fourth-order valence-corrected chi connectivity index (χ4v) is 1.20. The van der Waals surface area contributed by atoms with Crippen LogP contribution in [0, 0.1) is 0 Å². The number of phenolic OH excluding ortho intramolecular Hbond substituents is 1. The van der Waals surface area contributed by atoms with Crippen molar-refractivity contribution in [2.75, 3.05) is 5.32 Å². The van der Waals surface area contributed by atoms with Gasteiger partial charge in [-0.15, -0.1) is 0 Å². The van der Waals surface area contributed by atoms with E-state index in [-0.39, 0.29) is 5.75 Å². The number of nitrogens with zero attached hydrogens (tertiary/aromatic N) is 1. The van der Waals surface area contributed by atoms with Crippen LogP contribution in [0.5, 0.6) is 5.75 Å². The van der Waals surface area contributed by atoms with Crippen molar-refractivity contribution in [2.24, 2.45) is 0 Å². The normalized spacial score (nSPS) is 10.0. The molecule has 4 heteroatoms. The lowest BCUT2D eigenvalue weighted by molar-refractivity contribution is 0.475. The number of H-pyrrole nitrogens is 1. The first kappa shape index (κ1) is 8.62. The van der Waals surface area contributed by atoms with Gasteiger partial charge in [-0.25, -0.2) is 4.98 Å². The van der Waals surface area contributed by atoms with Crippen molar-refractivity contribution in [3.8, 4) is 5.75 Å². The van der Waals surface area contributed by atoms with Gasteiger partial charge in [-0.05, 0) is 12.1 Å². The highest BCUT2D eigenvalue weighted by molar-refractivity contribution is 5.47. The quantitative estimate of drug-likeness (QED) is 0.689. The second-order valence-electron chi connectivity index (χ2n) is 2.94. The van der Waals surface area contributed by atoms with Crippen LogP contribution in [-0.2, 0) is 6.54 Å². The summed E-state index contributed by atoms with van der Waals surface area (Å²) in [6.45, 7) is 0.621. The Labute approximate surface area is 81.6 Å². The highest BCUT2D eigenvalue weighted by Gasteiger charge is 1.95. The summed E-state index contributed by atoms with van der Waals surface area (Å²) in [5.74, 6) is 1.13. The molecule has 1 aromatic heterocycles. The third-order valence-corrected chi connectivity index (χ3v) is 1.86. The molecule has 14 heavy (non-hydrogen) atoms. The standard InChI is InChI=1S/C10H11N3O/c14-9-3-1-2-8(6-9)13-7-10-11-4-5-12-10/h1-6,13-14H,7H2,(H,11,12). The number of nitrogens with one attached hydrogen (secondary N) is 2. The molecular formula is C10H11N3O. The third-order valence-electron chi connectivity index (χ3n) is 1.86. The second-order valence-corrected chi connectivity index (χ2v) is 2.94.